The first-order valence-electron chi connectivity index (χ1n) is 13.7. The van der Waals surface area contributed by atoms with Crippen molar-refractivity contribution in [1.29, 1.82) is 0 Å². The average molecular weight is 435 g/mol. The van der Waals surface area contributed by atoms with Gasteiger partial charge in [-0.05, 0) is 99.3 Å². The lowest BCUT2D eigenvalue weighted by molar-refractivity contribution is 0.196. The fourth-order valence-corrected chi connectivity index (χ4v) is 5.43. The van der Waals surface area contributed by atoms with E-state index in [1.807, 2.05) is 0 Å². The predicted octanol–water partition coefficient (Wildman–Crippen LogP) is 8.77. The van der Waals surface area contributed by atoms with Gasteiger partial charge in [0, 0.05) is 5.92 Å². The van der Waals surface area contributed by atoms with E-state index in [-0.39, 0.29) is 0 Å². The summed E-state index contributed by atoms with van der Waals surface area (Å²) in [6.07, 6.45) is 23.2. The number of rotatable bonds is 10. The Bertz CT molecular complexity index is 703. The van der Waals surface area contributed by atoms with Crippen LogP contribution in [0, 0.1) is 35.5 Å². The van der Waals surface area contributed by atoms with E-state index in [1.54, 1.807) is 0 Å². The number of allylic oxidation sites excluding steroid dienone is 2. The molecule has 2 aliphatic rings. The molecule has 2 saturated carbocycles. The molecule has 0 heterocycles. The SMILES string of the molecule is CCCCCC1CCC(C=CC#CC2CCC(COc3ccc(CCC)cc3)CC2)CC1. The van der Waals surface area contributed by atoms with Crippen LogP contribution in [0.2, 0.25) is 0 Å². The van der Waals surface area contributed by atoms with Gasteiger partial charge in [-0.2, -0.15) is 0 Å². The third-order valence-electron chi connectivity index (χ3n) is 7.64. The number of hydrogen-bond acceptors (Lipinski definition) is 1. The maximum Gasteiger partial charge on any atom is 0.119 e. The first-order valence-corrected chi connectivity index (χ1v) is 13.7. The Morgan fingerprint density at radius 2 is 1.56 bits per heavy atom. The van der Waals surface area contributed by atoms with Crippen LogP contribution in [0.5, 0.6) is 5.75 Å². The van der Waals surface area contributed by atoms with Crippen molar-refractivity contribution in [2.24, 2.45) is 23.7 Å². The molecule has 0 radical (unpaired) electrons. The maximum atomic E-state index is 6.07. The van der Waals surface area contributed by atoms with E-state index < -0.39 is 0 Å². The fourth-order valence-electron chi connectivity index (χ4n) is 5.43. The van der Waals surface area contributed by atoms with Crippen LogP contribution in [0.3, 0.4) is 0 Å². The van der Waals surface area contributed by atoms with Gasteiger partial charge in [-0.15, -0.1) is 0 Å². The smallest absolute Gasteiger partial charge is 0.119 e. The second-order valence-corrected chi connectivity index (χ2v) is 10.3. The molecule has 0 atom stereocenters. The van der Waals surface area contributed by atoms with E-state index in [2.05, 4.69) is 62.1 Å². The normalized spacial score (nSPS) is 25.9. The molecule has 3 rings (SSSR count). The van der Waals surface area contributed by atoms with E-state index in [4.69, 9.17) is 4.74 Å². The van der Waals surface area contributed by atoms with Gasteiger partial charge in [0.1, 0.15) is 5.75 Å². The molecule has 0 saturated heterocycles. The van der Waals surface area contributed by atoms with Gasteiger partial charge in [-0.1, -0.05) is 76.0 Å². The summed E-state index contributed by atoms with van der Waals surface area (Å²) in [4.78, 5) is 0. The van der Waals surface area contributed by atoms with Gasteiger partial charge in [0.2, 0.25) is 0 Å². The zero-order valence-corrected chi connectivity index (χ0v) is 20.8. The van der Waals surface area contributed by atoms with Crippen LogP contribution in [0.15, 0.2) is 36.4 Å². The summed E-state index contributed by atoms with van der Waals surface area (Å²) in [5, 5.41) is 0. The third-order valence-corrected chi connectivity index (χ3v) is 7.64. The first kappa shape index (κ1) is 25.0. The molecule has 2 aliphatic carbocycles. The van der Waals surface area contributed by atoms with Crippen molar-refractivity contribution in [1.82, 2.24) is 0 Å². The van der Waals surface area contributed by atoms with Crippen molar-refractivity contribution in [2.75, 3.05) is 6.61 Å². The van der Waals surface area contributed by atoms with Crippen LogP contribution in [-0.2, 0) is 6.42 Å². The number of hydrogen-bond donors (Lipinski definition) is 0. The number of aryl methyl sites for hydroxylation is 1. The monoisotopic (exact) mass is 434 g/mol. The minimum absolute atomic E-state index is 0.582. The topological polar surface area (TPSA) is 9.23 Å². The zero-order chi connectivity index (χ0) is 22.4. The van der Waals surface area contributed by atoms with E-state index in [0.29, 0.717) is 11.8 Å². The van der Waals surface area contributed by atoms with E-state index >= 15 is 0 Å². The Morgan fingerprint density at radius 3 is 2.25 bits per heavy atom. The average Bonchev–Trinajstić information content (AvgIpc) is 2.83. The van der Waals surface area contributed by atoms with Gasteiger partial charge in [0.15, 0.2) is 0 Å². The van der Waals surface area contributed by atoms with Gasteiger partial charge in [0.05, 0.1) is 6.61 Å². The highest BCUT2D eigenvalue weighted by atomic mass is 16.5. The molecule has 1 aromatic carbocycles. The highest BCUT2D eigenvalue weighted by Gasteiger charge is 2.21. The first-order chi connectivity index (χ1) is 15.8. The highest BCUT2D eigenvalue weighted by molar-refractivity contribution is 5.27. The molecule has 0 amide bonds. The molecular weight excluding hydrogens is 388 g/mol. The van der Waals surface area contributed by atoms with Gasteiger partial charge in [0.25, 0.3) is 0 Å². The standard InChI is InChI=1S/C31H46O/c1-3-5-6-10-27-13-15-28(16-14-27)11-7-8-12-29-17-19-30(20-18-29)25-32-31-23-21-26(9-4-2)22-24-31/h7,11,21-24,27-30H,3-6,9-10,13-20,25H2,1-2H3. The molecule has 32 heavy (non-hydrogen) atoms. The Kier molecular flexibility index (Phi) is 11.3. The highest BCUT2D eigenvalue weighted by Crippen LogP contribution is 2.33. The summed E-state index contributed by atoms with van der Waals surface area (Å²) in [6.45, 7) is 5.38. The maximum absolute atomic E-state index is 6.07. The van der Waals surface area contributed by atoms with E-state index in [9.17, 15) is 0 Å². The van der Waals surface area contributed by atoms with Gasteiger partial charge in [-0.25, -0.2) is 0 Å². The van der Waals surface area contributed by atoms with Crippen LogP contribution in [0.25, 0.3) is 0 Å². The number of benzene rings is 1. The van der Waals surface area contributed by atoms with Crippen molar-refractivity contribution >= 4 is 0 Å². The third kappa shape index (κ3) is 9.05. The lowest BCUT2D eigenvalue weighted by Crippen LogP contribution is -2.19. The van der Waals surface area contributed by atoms with E-state index in [1.165, 1.54) is 89.0 Å². The van der Waals surface area contributed by atoms with Crippen molar-refractivity contribution in [2.45, 2.75) is 104 Å². The Hall–Kier alpha value is -1.68. The van der Waals surface area contributed by atoms with Crippen LogP contribution < -0.4 is 4.74 Å². The van der Waals surface area contributed by atoms with Crippen molar-refractivity contribution in [3.63, 3.8) is 0 Å². The second-order valence-electron chi connectivity index (χ2n) is 10.3. The van der Waals surface area contributed by atoms with E-state index in [0.717, 1.165) is 30.6 Å². The largest absolute Gasteiger partial charge is 0.493 e. The Labute approximate surface area is 198 Å². The summed E-state index contributed by atoms with van der Waals surface area (Å²) in [5.41, 5.74) is 1.41. The molecule has 1 nitrogen and oxygen atoms in total. The van der Waals surface area contributed by atoms with Crippen LogP contribution in [0.1, 0.15) is 103 Å². The molecule has 0 bridgehead atoms. The summed E-state index contributed by atoms with van der Waals surface area (Å²) in [5.74, 6) is 11.0. The van der Waals surface area contributed by atoms with Gasteiger partial charge < -0.3 is 4.74 Å². The molecule has 0 unspecified atom stereocenters. The molecule has 0 spiro atoms. The Morgan fingerprint density at radius 1 is 0.844 bits per heavy atom. The Balaban J connectivity index is 1.28. The minimum atomic E-state index is 0.582. The second kappa shape index (κ2) is 14.5. The summed E-state index contributed by atoms with van der Waals surface area (Å²) in [7, 11) is 0. The molecule has 0 N–H and O–H groups in total. The van der Waals surface area contributed by atoms with Gasteiger partial charge >= 0.3 is 0 Å². The molecule has 2 fully saturated rings. The van der Waals surface area contributed by atoms with Crippen LogP contribution in [0.4, 0.5) is 0 Å². The number of ether oxygens (including phenoxy) is 1. The molecule has 0 aromatic heterocycles. The van der Waals surface area contributed by atoms with Crippen molar-refractivity contribution < 1.29 is 4.74 Å². The van der Waals surface area contributed by atoms with Crippen LogP contribution >= 0.6 is 0 Å². The lowest BCUT2D eigenvalue weighted by Gasteiger charge is -2.26. The lowest BCUT2D eigenvalue weighted by atomic mass is 9.79. The van der Waals surface area contributed by atoms with Crippen molar-refractivity contribution in [3.8, 4) is 17.6 Å². The van der Waals surface area contributed by atoms with Crippen molar-refractivity contribution in [3.05, 3.63) is 42.0 Å². The van der Waals surface area contributed by atoms with Gasteiger partial charge in [-0.3, -0.25) is 0 Å². The predicted molar refractivity (Wildman–Crippen MR) is 138 cm³/mol. The number of unbranched alkanes of at least 4 members (excludes halogenated alkanes) is 2. The molecule has 176 valence electrons. The summed E-state index contributed by atoms with van der Waals surface area (Å²) in [6, 6.07) is 8.68. The minimum Gasteiger partial charge on any atom is -0.493 e. The van der Waals surface area contributed by atoms with Crippen LogP contribution in [-0.4, -0.2) is 6.61 Å². The molecule has 1 aromatic rings. The zero-order valence-electron chi connectivity index (χ0n) is 20.8. The molecular formula is C31H46O. The quantitative estimate of drug-likeness (QED) is 0.264. The fraction of sp³-hybridized carbons (Fsp3) is 0.677. The molecule has 1 heteroatoms. The summed E-state index contributed by atoms with van der Waals surface area (Å²) < 4.78 is 6.07. The molecule has 0 aliphatic heterocycles. The summed E-state index contributed by atoms with van der Waals surface area (Å²) >= 11 is 0.